The van der Waals surface area contributed by atoms with E-state index in [9.17, 15) is 15.3 Å². The van der Waals surface area contributed by atoms with Crippen molar-refractivity contribution >= 4 is 17.4 Å². The van der Waals surface area contributed by atoms with Crippen molar-refractivity contribution in [3.8, 4) is 17.2 Å². The van der Waals surface area contributed by atoms with Crippen molar-refractivity contribution in [1.82, 2.24) is 14.7 Å². The Hall–Kier alpha value is -3.53. The van der Waals surface area contributed by atoms with Gasteiger partial charge in [0, 0.05) is 11.1 Å². The Bertz CT molecular complexity index is 1120. The first-order valence-electron chi connectivity index (χ1n) is 8.24. The van der Waals surface area contributed by atoms with Gasteiger partial charge in [-0.3, -0.25) is 4.99 Å². The van der Waals surface area contributed by atoms with Crippen molar-refractivity contribution < 1.29 is 19.6 Å². The van der Waals surface area contributed by atoms with E-state index >= 15 is 0 Å². The summed E-state index contributed by atoms with van der Waals surface area (Å²) in [7, 11) is 0. The first kappa shape index (κ1) is 17.9. The van der Waals surface area contributed by atoms with Crippen molar-refractivity contribution in [3.63, 3.8) is 0 Å². The minimum absolute atomic E-state index is 0.0356. The van der Waals surface area contributed by atoms with E-state index in [0.717, 1.165) is 4.80 Å². The smallest absolute Gasteiger partial charge is 0.438 e. The number of nitro groups is 1. The van der Waals surface area contributed by atoms with Gasteiger partial charge in [0.25, 0.3) is 5.49 Å². The molecular formula is C17H14ClN5O5. The standard InChI is InChI=1S/C17H14ClN5O5/c18-13-4-2-1-3-11(13)10-19-16-17(23(25)26)20-21(22(16)24)12-5-6-14-15(9-12)28-8-7-27-14/h1-6,9,24H,7-8,10H2. The van der Waals surface area contributed by atoms with Crippen molar-refractivity contribution in [3.05, 3.63) is 68.7 Å². The normalized spacial score (nSPS) is 13.5. The second-order valence-corrected chi connectivity index (χ2v) is 6.23. The molecule has 0 bridgehead atoms. The van der Waals surface area contributed by atoms with E-state index in [2.05, 4.69) is 10.1 Å². The van der Waals surface area contributed by atoms with Gasteiger partial charge in [-0.15, -0.1) is 0 Å². The van der Waals surface area contributed by atoms with E-state index in [-0.39, 0.29) is 12.0 Å². The molecule has 0 unspecified atom stereocenters. The quantitative estimate of drug-likeness (QED) is 0.406. The van der Waals surface area contributed by atoms with Crippen LogP contribution in [0.3, 0.4) is 0 Å². The fourth-order valence-electron chi connectivity index (χ4n) is 2.72. The van der Waals surface area contributed by atoms with Crippen molar-refractivity contribution in [2.24, 2.45) is 4.99 Å². The molecule has 11 heteroatoms. The number of hydrogen-bond donors (Lipinski definition) is 1. The third-order valence-electron chi connectivity index (χ3n) is 4.04. The highest BCUT2D eigenvalue weighted by Gasteiger charge is 2.25. The Balaban J connectivity index is 1.78. The van der Waals surface area contributed by atoms with Crippen molar-refractivity contribution in [2.45, 2.75) is 6.54 Å². The number of hydrogen-bond acceptors (Lipinski definition) is 7. The van der Waals surface area contributed by atoms with E-state index in [1.165, 1.54) is 0 Å². The van der Waals surface area contributed by atoms with Crippen LogP contribution in [0, 0.1) is 10.1 Å². The molecule has 4 rings (SSSR count). The summed E-state index contributed by atoms with van der Waals surface area (Å²) in [6.45, 7) is 0.853. The van der Waals surface area contributed by atoms with Crippen LogP contribution in [-0.2, 0) is 6.54 Å². The summed E-state index contributed by atoms with van der Waals surface area (Å²) in [4.78, 5) is 16.3. The topological polar surface area (TPSA) is 117 Å². The van der Waals surface area contributed by atoms with Crippen molar-refractivity contribution in [1.29, 1.82) is 0 Å². The van der Waals surface area contributed by atoms with E-state index in [4.69, 9.17) is 21.1 Å². The average molecular weight is 404 g/mol. The van der Waals surface area contributed by atoms with Crippen LogP contribution in [0.15, 0.2) is 47.5 Å². The maximum absolute atomic E-state index is 11.4. The fraction of sp³-hybridized carbons (Fsp3) is 0.176. The van der Waals surface area contributed by atoms with Gasteiger partial charge >= 0.3 is 5.82 Å². The second kappa shape index (κ2) is 7.24. The molecule has 0 aliphatic carbocycles. The molecule has 1 aliphatic rings. The minimum Gasteiger partial charge on any atom is -0.486 e. The van der Waals surface area contributed by atoms with Crippen LogP contribution in [0.4, 0.5) is 5.82 Å². The van der Waals surface area contributed by atoms with Gasteiger partial charge < -0.3 is 24.8 Å². The lowest BCUT2D eigenvalue weighted by atomic mass is 10.2. The molecule has 3 aromatic rings. The number of rotatable bonds is 4. The third-order valence-corrected chi connectivity index (χ3v) is 4.41. The van der Waals surface area contributed by atoms with Gasteiger partial charge in [0.05, 0.1) is 11.6 Å². The molecule has 0 saturated carbocycles. The summed E-state index contributed by atoms with van der Waals surface area (Å²) in [5.74, 6) is 0.408. The first-order valence-corrected chi connectivity index (χ1v) is 8.62. The lowest BCUT2D eigenvalue weighted by molar-refractivity contribution is -0.391. The highest BCUT2D eigenvalue weighted by atomic mass is 35.5. The van der Waals surface area contributed by atoms with E-state index in [1.807, 2.05) is 0 Å². The molecule has 1 aliphatic heterocycles. The molecule has 2 aromatic carbocycles. The third kappa shape index (κ3) is 3.25. The zero-order valence-electron chi connectivity index (χ0n) is 14.4. The summed E-state index contributed by atoms with van der Waals surface area (Å²) in [5.41, 5.74) is 0.694. The highest BCUT2D eigenvalue weighted by Crippen LogP contribution is 2.31. The van der Waals surface area contributed by atoms with Gasteiger partial charge in [-0.05, 0) is 33.5 Å². The van der Waals surface area contributed by atoms with Crippen LogP contribution in [0.5, 0.6) is 11.5 Å². The van der Waals surface area contributed by atoms with Crippen LogP contribution in [-0.4, -0.2) is 38.1 Å². The Kier molecular flexibility index (Phi) is 4.62. The van der Waals surface area contributed by atoms with Gasteiger partial charge in [0.1, 0.15) is 18.9 Å². The number of fused-ring (bicyclic) bond motifs is 1. The molecule has 0 spiro atoms. The first-order chi connectivity index (χ1) is 13.5. The minimum atomic E-state index is -0.716. The van der Waals surface area contributed by atoms with Crippen molar-refractivity contribution in [2.75, 3.05) is 13.2 Å². The summed E-state index contributed by atoms with van der Waals surface area (Å²) in [5, 5.41) is 26.2. The number of aromatic nitrogens is 3. The molecule has 10 nitrogen and oxygen atoms in total. The molecule has 0 atom stereocenters. The van der Waals surface area contributed by atoms with Crippen LogP contribution >= 0.6 is 11.6 Å². The zero-order chi connectivity index (χ0) is 19.7. The molecule has 2 heterocycles. The summed E-state index contributed by atoms with van der Waals surface area (Å²) in [6.07, 6.45) is 0. The largest absolute Gasteiger partial charge is 0.486 e. The zero-order valence-corrected chi connectivity index (χ0v) is 15.1. The Morgan fingerprint density at radius 1 is 1.21 bits per heavy atom. The summed E-state index contributed by atoms with van der Waals surface area (Å²) >= 11 is 6.09. The maximum atomic E-state index is 11.4. The Morgan fingerprint density at radius 3 is 2.71 bits per heavy atom. The second-order valence-electron chi connectivity index (χ2n) is 5.82. The molecule has 1 aromatic heterocycles. The van der Waals surface area contributed by atoms with Gasteiger partial charge in [-0.1, -0.05) is 34.6 Å². The average Bonchev–Trinajstić information content (AvgIpc) is 3.03. The van der Waals surface area contributed by atoms with Gasteiger partial charge in [-0.2, -0.15) is 0 Å². The van der Waals surface area contributed by atoms with Gasteiger partial charge in [-0.25, -0.2) is 0 Å². The Labute approximate surface area is 162 Å². The molecule has 0 saturated heterocycles. The molecular weight excluding hydrogens is 390 g/mol. The van der Waals surface area contributed by atoms with Crippen LogP contribution in [0.2, 0.25) is 5.02 Å². The number of benzene rings is 2. The van der Waals surface area contributed by atoms with Crippen LogP contribution < -0.4 is 15.0 Å². The van der Waals surface area contributed by atoms with E-state index in [1.54, 1.807) is 42.5 Å². The number of ether oxygens (including phenoxy) is 2. The lowest BCUT2D eigenvalue weighted by Gasteiger charge is -2.18. The Morgan fingerprint density at radius 2 is 1.96 bits per heavy atom. The predicted molar refractivity (Wildman–Crippen MR) is 97.1 cm³/mol. The highest BCUT2D eigenvalue weighted by molar-refractivity contribution is 6.31. The fourth-order valence-corrected chi connectivity index (χ4v) is 2.91. The molecule has 0 radical (unpaired) electrons. The van der Waals surface area contributed by atoms with Gasteiger partial charge in [0.15, 0.2) is 11.5 Å². The molecule has 0 amide bonds. The monoisotopic (exact) mass is 403 g/mol. The SMILES string of the molecule is O=[N+]([O-])c1nn(-c2ccc3c(c2)OCCO3)n(O)c1=NCc1ccccc1Cl. The molecule has 28 heavy (non-hydrogen) atoms. The summed E-state index contributed by atoms with van der Waals surface area (Å²) in [6, 6.07) is 11.8. The maximum Gasteiger partial charge on any atom is 0.438 e. The van der Waals surface area contributed by atoms with Crippen LogP contribution in [0.1, 0.15) is 5.56 Å². The lowest BCUT2D eigenvalue weighted by Crippen LogP contribution is -2.23. The van der Waals surface area contributed by atoms with Gasteiger partial charge in [0.2, 0.25) is 0 Å². The van der Waals surface area contributed by atoms with E-state index in [0.29, 0.717) is 45.8 Å². The predicted octanol–water partition coefficient (Wildman–Crippen LogP) is 2.34. The molecule has 1 N–H and O–H groups in total. The number of halogens is 1. The summed E-state index contributed by atoms with van der Waals surface area (Å²) < 4.78 is 10.9. The number of nitrogens with zero attached hydrogens (tertiary/aromatic N) is 5. The molecule has 144 valence electrons. The molecule has 0 fully saturated rings. The van der Waals surface area contributed by atoms with E-state index < -0.39 is 10.7 Å². The van der Waals surface area contributed by atoms with Crippen LogP contribution in [0.25, 0.3) is 5.69 Å².